The van der Waals surface area contributed by atoms with Gasteiger partial charge in [-0.3, -0.25) is 0 Å². The van der Waals surface area contributed by atoms with Crippen molar-refractivity contribution in [3.63, 3.8) is 0 Å². The summed E-state index contributed by atoms with van der Waals surface area (Å²) in [4.78, 5) is 0. The van der Waals surface area contributed by atoms with Gasteiger partial charge < -0.3 is 51.6 Å². The van der Waals surface area contributed by atoms with E-state index in [2.05, 4.69) is 0 Å². The molecule has 10 heteroatoms. The maximum absolute atomic E-state index is 10.2. The van der Waals surface area contributed by atoms with E-state index in [-0.39, 0.29) is 5.92 Å². The van der Waals surface area contributed by atoms with Gasteiger partial charge in [-0.05, 0) is 12.3 Å². The van der Waals surface area contributed by atoms with Crippen LogP contribution in [-0.4, -0.2) is 98.3 Å². The van der Waals surface area contributed by atoms with Crippen molar-refractivity contribution in [1.82, 2.24) is 0 Å². The summed E-state index contributed by atoms with van der Waals surface area (Å²) < 4.78 is 11.0. The van der Waals surface area contributed by atoms with Crippen LogP contribution in [0.1, 0.15) is 13.3 Å². The molecule has 0 aromatic carbocycles. The third kappa shape index (κ3) is 3.73. The molecule has 10 nitrogen and oxygen atoms in total. The van der Waals surface area contributed by atoms with Gasteiger partial charge in [-0.1, -0.05) is 6.92 Å². The van der Waals surface area contributed by atoms with Crippen LogP contribution >= 0.6 is 0 Å². The summed E-state index contributed by atoms with van der Waals surface area (Å²) in [7, 11) is 0. The third-order valence-electron chi connectivity index (χ3n) is 4.88. The van der Waals surface area contributed by atoms with E-state index in [4.69, 9.17) is 26.0 Å². The molecule has 0 aromatic heterocycles. The maximum Gasteiger partial charge on any atom is 0.176 e. The van der Waals surface area contributed by atoms with Crippen LogP contribution in [0.15, 0.2) is 0 Å². The van der Waals surface area contributed by atoms with E-state index >= 15 is 0 Å². The highest BCUT2D eigenvalue weighted by Crippen LogP contribution is 2.30. The van der Waals surface area contributed by atoms with Gasteiger partial charge in [0.15, 0.2) is 6.29 Å². The van der Waals surface area contributed by atoms with E-state index in [0.29, 0.717) is 6.42 Å². The van der Waals surface area contributed by atoms with E-state index in [0.717, 1.165) is 0 Å². The fourth-order valence-electron chi connectivity index (χ4n) is 3.28. The number of aliphatic hydroxyl groups is 6. The summed E-state index contributed by atoms with van der Waals surface area (Å²) in [5, 5.41) is 58.8. The largest absolute Gasteiger partial charge is 0.394 e. The highest BCUT2D eigenvalue weighted by Gasteiger charge is 2.49. The van der Waals surface area contributed by atoms with Crippen LogP contribution < -0.4 is 11.5 Å². The first kappa shape index (κ1) is 19.9. The van der Waals surface area contributed by atoms with E-state index in [1.54, 1.807) is 6.92 Å². The predicted octanol–water partition coefficient (Wildman–Crippen LogP) is -4.41. The Bertz CT molecular complexity index is 416. The second-order valence-corrected chi connectivity index (χ2v) is 6.74. The molecule has 0 spiro atoms. The van der Waals surface area contributed by atoms with E-state index < -0.39 is 67.7 Å². The first-order chi connectivity index (χ1) is 11.2. The monoisotopic (exact) mass is 352 g/mol. The number of hydrogen-bond donors (Lipinski definition) is 8. The Kier molecular flexibility index (Phi) is 6.53. The van der Waals surface area contributed by atoms with Crippen molar-refractivity contribution in [1.29, 1.82) is 0 Å². The Hall–Kier alpha value is -0.400. The molecule has 2 rings (SSSR count). The van der Waals surface area contributed by atoms with Gasteiger partial charge >= 0.3 is 0 Å². The summed E-state index contributed by atoms with van der Waals surface area (Å²) in [5.74, 6) is -0.216. The van der Waals surface area contributed by atoms with Crippen LogP contribution in [0.3, 0.4) is 0 Å². The topological polar surface area (TPSA) is 192 Å². The van der Waals surface area contributed by atoms with Crippen LogP contribution in [-0.2, 0) is 9.47 Å². The molecule has 1 aliphatic heterocycles. The molecule has 1 heterocycles. The number of aliphatic hydroxyl groups excluding tert-OH is 6. The second kappa shape index (κ2) is 7.87. The normalized spacial score (nSPS) is 51.4. The van der Waals surface area contributed by atoms with Gasteiger partial charge in [0.1, 0.15) is 36.6 Å². The zero-order valence-corrected chi connectivity index (χ0v) is 13.4. The minimum atomic E-state index is -1.52. The van der Waals surface area contributed by atoms with Gasteiger partial charge in [0.05, 0.1) is 18.8 Å². The summed E-state index contributed by atoms with van der Waals surface area (Å²) in [6, 6.07) is -1.77. The minimum Gasteiger partial charge on any atom is -0.394 e. The predicted molar refractivity (Wildman–Crippen MR) is 80.4 cm³/mol. The lowest BCUT2D eigenvalue weighted by molar-refractivity contribution is -0.305. The molecular formula is C14H28N2O8. The number of rotatable bonds is 4. The van der Waals surface area contributed by atoms with Gasteiger partial charge in [-0.25, -0.2) is 0 Å². The molecule has 24 heavy (non-hydrogen) atoms. The lowest BCUT2D eigenvalue weighted by atomic mass is 9.80. The van der Waals surface area contributed by atoms with Gasteiger partial charge in [0.25, 0.3) is 0 Å². The summed E-state index contributed by atoms with van der Waals surface area (Å²) >= 11 is 0. The first-order valence-corrected chi connectivity index (χ1v) is 8.02. The highest BCUT2D eigenvalue weighted by atomic mass is 16.7. The molecule has 0 radical (unpaired) electrons. The molecule has 0 bridgehead atoms. The molecule has 1 saturated heterocycles. The maximum atomic E-state index is 10.2. The van der Waals surface area contributed by atoms with Crippen LogP contribution in [0.25, 0.3) is 0 Å². The Labute approximate surface area is 139 Å². The van der Waals surface area contributed by atoms with Crippen LogP contribution in [0, 0.1) is 5.92 Å². The minimum absolute atomic E-state index is 0.216. The average molecular weight is 352 g/mol. The SMILES string of the molecule is C[C@@H]1CC(N)[C@@H](O[C@H]2OC([C@@H](O)CO)[C@@H](O)[C@H](O)C2N)[C@H](O)C1O. The zero-order valence-electron chi connectivity index (χ0n) is 13.4. The summed E-state index contributed by atoms with van der Waals surface area (Å²) in [6.45, 7) is 1.05. The molecule has 0 amide bonds. The number of nitrogens with two attached hydrogens (primary N) is 2. The van der Waals surface area contributed by atoms with Crippen molar-refractivity contribution in [3.05, 3.63) is 0 Å². The highest BCUT2D eigenvalue weighted by molar-refractivity contribution is 4.98. The number of ether oxygens (including phenoxy) is 2. The Morgan fingerprint density at radius 2 is 1.71 bits per heavy atom. The van der Waals surface area contributed by atoms with Crippen molar-refractivity contribution in [2.24, 2.45) is 17.4 Å². The standard InChI is InChI=1S/C14H28N2O8/c1-4-2-5(15)12(10(21)8(4)19)23-14-7(16)9(20)11(22)13(24-14)6(18)3-17/h4-14,17-22H,2-3,15-16H2,1H3/t4-,5?,6+,7?,8?,9-,10-,11+,12-,13?,14+/m1/s1. The summed E-state index contributed by atoms with van der Waals surface area (Å²) in [6.07, 6.45) is -9.97. The van der Waals surface area contributed by atoms with Crippen molar-refractivity contribution in [3.8, 4) is 0 Å². The van der Waals surface area contributed by atoms with Gasteiger partial charge in [-0.15, -0.1) is 0 Å². The zero-order chi connectivity index (χ0) is 18.2. The molecule has 11 atom stereocenters. The molecule has 2 aliphatic rings. The van der Waals surface area contributed by atoms with Crippen molar-refractivity contribution in [2.75, 3.05) is 6.61 Å². The third-order valence-corrected chi connectivity index (χ3v) is 4.88. The number of hydrogen-bond acceptors (Lipinski definition) is 10. The lowest BCUT2D eigenvalue weighted by Gasteiger charge is -2.46. The van der Waals surface area contributed by atoms with E-state index in [9.17, 15) is 25.5 Å². The first-order valence-electron chi connectivity index (χ1n) is 8.02. The van der Waals surface area contributed by atoms with Gasteiger partial charge in [-0.2, -0.15) is 0 Å². The van der Waals surface area contributed by atoms with Crippen molar-refractivity contribution in [2.45, 2.75) is 74.4 Å². The Morgan fingerprint density at radius 3 is 2.29 bits per heavy atom. The molecule has 2 fully saturated rings. The van der Waals surface area contributed by atoms with Crippen LogP contribution in [0.5, 0.6) is 0 Å². The van der Waals surface area contributed by atoms with Crippen molar-refractivity contribution < 1.29 is 40.1 Å². The van der Waals surface area contributed by atoms with E-state index in [1.165, 1.54) is 0 Å². The average Bonchev–Trinajstić information content (AvgIpc) is 2.55. The molecule has 1 saturated carbocycles. The fraction of sp³-hybridized carbons (Fsp3) is 1.00. The molecular weight excluding hydrogens is 324 g/mol. The summed E-state index contributed by atoms with van der Waals surface area (Å²) in [5.41, 5.74) is 11.8. The van der Waals surface area contributed by atoms with Gasteiger partial charge in [0.2, 0.25) is 0 Å². The Morgan fingerprint density at radius 1 is 1.08 bits per heavy atom. The van der Waals surface area contributed by atoms with Crippen molar-refractivity contribution >= 4 is 0 Å². The van der Waals surface area contributed by atoms with Crippen LogP contribution in [0.2, 0.25) is 0 Å². The second-order valence-electron chi connectivity index (χ2n) is 6.74. The van der Waals surface area contributed by atoms with Crippen LogP contribution in [0.4, 0.5) is 0 Å². The fourth-order valence-corrected chi connectivity index (χ4v) is 3.28. The van der Waals surface area contributed by atoms with E-state index in [1.807, 2.05) is 0 Å². The quantitative estimate of drug-likeness (QED) is 0.245. The molecule has 10 N–H and O–H groups in total. The molecule has 0 aromatic rings. The smallest absolute Gasteiger partial charge is 0.176 e. The van der Waals surface area contributed by atoms with Gasteiger partial charge in [0, 0.05) is 6.04 Å². The lowest BCUT2D eigenvalue weighted by Crippen LogP contribution is -2.67. The molecule has 1 aliphatic carbocycles. The molecule has 4 unspecified atom stereocenters. The Balaban J connectivity index is 2.12. The molecule has 142 valence electrons.